The Morgan fingerprint density at radius 2 is 1.43 bits per heavy atom. The molecule has 0 fully saturated rings. The second kappa shape index (κ2) is 5.77. The van der Waals surface area contributed by atoms with Crippen LogP contribution < -0.4 is 19.0 Å². The van der Waals surface area contributed by atoms with Crippen LogP contribution in [0, 0.1) is 27.7 Å². The maximum Gasteiger partial charge on any atom is 0.639 e. The summed E-state index contributed by atoms with van der Waals surface area (Å²) in [5.41, 5.74) is 10.4. The van der Waals surface area contributed by atoms with Crippen molar-refractivity contribution in [2.75, 3.05) is 21.5 Å². The van der Waals surface area contributed by atoms with Gasteiger partial charge in [-0.05, 0) is 75.2 Å². The highest BCUT2D eigenvalue weighted by Crippen LogP contribution is 2.53. The Bertz CT molecular complexity index is 1120. The maximum absolute atomic E-state index is 2.51. The molecule has 2 aromatic carbocycles. The first-order chi connectivity index (χ1) is 13.4. The van der Waals surface area contributed by atoms with Gasteiger partial charge in [-0.1, -0.05) is 24.3 Å². The van der Waals surface area contributed by atoms with Gasteiger partial charge in [0.25, 0.3) is 5.82 Å². The summed E-state index contributed by atoms with van der Waals surface area (Å²) in [6.45, 7) is 8.88. The number of hydrogen-bond acceptors (Lipinski definition) is 3. The molecule has 140 valence electrons. The van der Waals surface area contributed by atoms with Crippen LogP contribution in [0.2, 0.25) is 0 Å². The zero-order chi connectivity index (χ0) is 19.7. The van der Waals surface area contributed by atoms with E-state index in [0.717, 1.165) is 0 Å². The molecule has 1 aromatic heterocycles. The molecule has 0 saturated carbocycles. The van der Waals surface area contributed by atoms with Crippen LogP contribution in [0.3, 0.4) is 0 Å². The zero-order valence-electron chi connectivity index (χ0n) is 17.5. The summed E-state index contributed by atoms with van der Waals surface area (Å²) in [4.78, 5) is 7.41. The third kappa shape index (κ3) is 2.04. The van der Waals surface area contributed by atoms with Crippen LogP contribution in [-0.4, -0.2) is 14.2 Å². The van der Waals surface area contributed by atoms with E-state index < -0.39 is 0 Å². The Hall–Kier alpha value is -2.95. The second-order valence-electron chi connectivity index (χ2n) is 8.13. The van der Waals surface area contributed by atoms with Gasteiger partial charge in [0.05, 0.1) is 24.6 Å². The van der Waals surface area contributed by atoms with E-state index in [-0.39, 0.29) is 7.12 Å². The smallest absolute Gasteiger partial charge is 0.354 e. The van der Waals surface area contributed by atoms with E-state index >= 15 is 0 Å². The maximum atomic E-state index is 2.51. The summed E-state index contributed by atoms with van der Waals surface area (Å²) >= 11 is 0. The van der Waals surface area contributed by atoms with Crippen molar-refractivity contribution in [3.05, 3.63) is 70.9 Å². The molecule has 5 heteroatoms. The number of aryl methyl sites for hydroxylation is 3. The van der Waals surface area contributed by atoms with Crippen LogP contribution in [0.5, 0.6) is 0 Å². The van der Waals surface area contributed by atoms with Gasteiger partial charge in [-0.25, -0.2) is 9.38 Å². The molecule has 4 nitrogen and oxygen atoms in total. The van der Waals surface area contributed by atoms with Gasteiger partial charge in [-0.2, -0.15) is 0 Å². The van der Waals surface area contributed by atoms with Gasteiger partial charge in [0.1, 0.15) is 11.4 Å². The molecular formula is C23H26BN4+. The lowest BCUT2D eigenvalue weighted by atomic mass is 9.87. The normalized spacial score (nSPS) is 14.5. The number of pyridine rings is 1. The lowest BCUT2D eigenvalue weighted by Crippen LogP contribution is -2.53. The van der Waals surface area contributed by atoms with Gasteiger partial charge in [-0.3, -0.25) is 0 Å². The largest absolute Gasteiger partial charge is 0.639 e. The van der Waals surface area contributed by atoms with E-state index in [4.69, 9.17) is 0 Å². The summed E-state index contributed by atoms with van der Waals surface area (Å²) in [7, 11) is 4.47. The third-order valence-corrected chi connectivity index (χ3v) is 6.51. The van der Waals surface area contributed by atoms with Gasteiger partial charge >= 0.3 is 7.12 Å². The van der Waals surface area contributed by atoms with Crippen molar-refractivity contribution in [2.45, 2.75) is 27.7 Å². The van der Waals surface area contributed by atoms with E-state index in [0.29, 0.717) is 0 Å². The predicted octanol–water partition coefficient (Wildman–Crippen LogP) is 4.47. The van der Waals surface area contributed by atoms with Crippen LogP contribution in [0.25, 0.3) is 0 Å². The van der Waals surface area contributed by atoms with E-state index in [1.165, 1.54) is 50.8 Å². The van der Waals surface area contributed by atoms with E-state index in [1.807, 2.05) is 0 Å². The van der Waals surface area contributed by atoms with Crippen LogP contribution in [0.15, 0.2) is 48.7 Å². The SMILES string of the molecule is Cc1cccc(N2B3N(C)c4ccccc4N3c3c(C)c(C)c[n+](C)c32)c1C. The Morgan fingerprint density at radius 3 is 2.18 bits per heavy atom. The minimum Gasteiger partial charge on any atom is -0.354 e. The zero-order valence-corrected chi connectivity index (χ0v) is 17.5. The van der Waals surface area contributed by atoms with Crippen LogP contribution in [0.1, 0.15) is 22.3 Å². The molecule has 0 N–H and O–H groups in total. The molecule has 2 aliphatic heterocycles. The quantitative estimate of drug-likeness (QED) is 0.464. The molecule has 5 rings (SSSR count). The molecular weight excluding hydrogens is 343 g/mol. The van der Waals surface area contributed by atoms with Gasteiger partial charge in [0.15, 0.2) is 0 Å². The second-order valence-corrected chi connectivity index (χ2v) is 8.13. The van der Waals surface area contributed by atoms with Gasteiger partial charge in [-0.15, -0.1) is 0 Å². The monoisotopic (exact) mass is 369 g/mol. The van der Waals surface area contributed by atoms with E-state index in [2.05, 4.69) is 109 Å². The van der Waals surface area contributed by atoms with Crippen LogP contribution >= 0.6 is 0 Å². The van der Waals surface area contributed by atoms with Crippen molar-refractivity contribution < 1.29 is 4.57 Å². The number of aromatic nitrogens is 1. The van der Waals surface area contributed by atoms with Crippen molar-refractivity contribution in [3.63, 3.8) is 0 Å². The van der Waals surface area contributed by atoms with Gasteiger partial charge < -0.3 is 9.62 Å². The number of para-hydroxylation sites is 2. The highest BCUT2D eigenvalue weighted by Gasteiger charge is 2.60. The molecule has 0 atom stereocenters. The third-order valence-electron chi connectivity index (χ3n) is 6.51. The molecule has 0 aliphatic carbocycles. The molecule has 0 amide bonds. The average Bonchev–Trinajstić information content (AvgIpc) is 3.17. The lowest BCUT2D eigenvalue weighted by Gasteiger charge is -2.24. The van der Waals surface area contributed by atoms with Crippen LogP contribution in [0.4, 0.5) is 28.6 Å². The highest BCUT2D eigenvalue weighted by atomic mass is 15.5. The molecule has 0 saturated heterocycles. The van der Waals surface area contributed by atoms with E-state index in [9.17, 15) is 0 Å². The minimum atomic E-state index is 0.0969. The molecule has 0 radical (unpaired) electrons. The fraction of sp³-hybridized carbons (Fsp3) is 0.261. The summed E-state index contributed by atoms with van der Waals surface area (Å²) in [6, 6.07) is 15.3. The Labute approximate surface area is 167 Å². The summed E-state index contributed by atoms with van der Waals surface area (Å²) in [5.74, 6) is 1.25. The molecule has 3 aromatic rings. The molecule has 3 heterocycles. The highest BCUT2D eigenvalue weighted by molar-refractivity contribution is 6.78. The predicted molar refractivity (Wildman–Crippen MR) is 118 cm³/mol. The summed E-state index contributed by atoms with van der Waals surface area (Å²) in [5, 5.41) is 0. The van der Waals surface area contributed by atoms with E-state index in [1.54, 1.807) is 0 Å². The average molecular weight is 369 g/mol. The standard InChI is InChI=1S/C23H26BN4/c1-15-10-9-13-19(17(15)3)28-23-22(18(4)16(2)14-25(23)5)27-21-12-8-7-11-20(21)26(6)24(27)28/h7-14H,1-6H3/q+1. The van der Waals surface area contributed by atoms with Crippen LogP contribution in [-0.2, 0) is 7.05 Å². The number of nitrogens with zero attached hydrogens (tertiary/aromatic N) is 4. The Morgan fingerprint density at radius 1 is 0.750 bits per heavy atom. The first-order valence-corrected chi connectivity index (χ1v) is 9.88. The minimum absolute atomic E-state index is 0.0969. The Kier molecular flexibility index (Phi) is 3.54. The van der Waals surface area contributed by atoms with Crippen molar-refractivity contribution in [1.82, 2.24) is 0 Å². The molecule has 0 unspecified atom stereocenters. The van der Waals surface area contributed by atoms with Crippen molar-refractivity contribution in [2.24, 2.45) is 7.05 Å². The number of hydrogen-bond donors (Lipinski definition) is 0. The summed E-state index contributed by atoms with van der Waals surface area (Å²) in [6.07, 6.45) is 2.25. The number of fused-ring (bicyclic) bond motifs is 5. The van der Waals surface area contributed by atoms with Crippen molar-refractivity contribution in [1.29, 1.82) is 0 Å². The van der Waals surface area contributed by atoms with Crippen molar-refractivity contribution in [3.8, 4) is 0 Å². The number of benzene rings is 2. The first-order valence-electron chi connectivity index (χ1n) is 9.88. The number of rotatable bonds is 1. The lowest BCUT2D eigenvalue weighted by molar-refractivity contribution is -0.657. The fourth-order valence-electron chi connectivity index (χ4n) is 4.80. The summed E-state index contributed by atoms with van der Waals surface area (Å²) < 4.78 is 2.29. The molecule has 0 bridgehead atoms. The Balaban J connectivity index is 1.86. The first kappa shape index (κ1) is 17.2. The van der Waals surface area contributed by atoms with Gasteiger partial charge in [0, 0.05) is 0 Å². The number of anilines is 5. The van der Waals surface area contributed by atoms with Gasteiger partial charge in [0.2, 0.25) is 0 Å². The molecule has 28 heavy (non-hydrogen) atoms. The molecule has 2 aliphatic rings. The topological polar surface area (TPSA) is 13.6 Å². The fourth-order valence-corrected chi connectivity index (χ4v) is 4.80. The van der Waals surface area contributed by atoms with Crippen molar-refractivity contribution >= 4 is 35.7 Å². The molecule has 0 spiro atoms.